The van der Waals surface area contributed by atoms with Gasteiger partial charge in [-0.05, 0) is 24.1 Å². The van der Waals surface area contributed by atoms with Gasteiger partial charge in [0, 0.05) is 52.2 Å². The van der Waals surface area contributed by atoms with E-state index in [1.165, 1.54) is 29.9 Å². The van der Waals surface area contributed by atoms with Crippen LogP contribution in [0, 0.1) is 6.92 Å². The van der Waals surface area contributed by atoms with Crippen molar-refractivity contribution in [2.24, 2.45) is 0 Å². The first-order chi connectivity index (χ1) is 9.70. The standard InChI is InChI=1S/C16H25N3O/c1-12-4-5-14(20-3)16-15(12)13(10-18(16)2)11-19-8-6-17-7-9-19/h4-5,13,17H,6-11H2,1-3H3. The monoisotopic (exact) mass is 275 g/mol. The minimum absolute atomic E-state index is 0.600. The highest BCUT2D eigenvalue weighted by atomic mass is 16.5. The number of hydrogen-bond donors (Lipinski definition) is 1. The fourth-order valence-electron chi connectivity index (χ4n) is 3.63. The summed E-state index contributed by atoms with van der Waals surface area (Å²) in [6, 6.07) is 4.29. The van der Waals surface area contributed by atoms with Crippen LogP contribution in [0.2, 0.25) is 0 Å². The molecule has 0 spiro atoms. The third-order valence-electron chi connectivity index (χ3n) is 4.59. The Morgan fingerprint density at radius 1 is 1.30 bits per heavy atom. The van der Waals surface area contributed by atoms with Gasteiger partial charge in [-0.15, -0.1) is 0 Å². The van der Waals surface area contributed by atoms with Crippen molar-refractivity contribution >= 4 is 5.69 Å². The maximum Gasteiger partial charge on any atom is 0.142 e. The molecule has 110 valence electrons. The average Bonchev–Trinajstić information content (AvgIpc) is 2.79. The topological polar surface area (TPSA) is 27.7 Å². The Morgan fingerprint density at radius 2 is 2.05 bits per heavy atom. The number of methoxy groups -OCH3 is 1. The van der Waals surface area contributed by atoms with Gasteiger partial charge in [0.15, 0.2) is 0 Å². The number of hydrogen-bond acceptors (Lipinski definition) is 4. The van der Waals surface area contributed by atoms with Crippen LogP contribution in [0.25, 0.3) is 0 Å². The highest BCUT2D eigenvalue weighted by Gasteiger charge is 2.32. The predicted octanol–water partition coefficient (Wildman–Crippen LogP) is 1.44. The molecule has 4 heteroatoms. The maximum absolute atomic E-state index is 5.56. The van der Waals surface area contributed by atoms with E-state index in [9.17, 15) is 0 Å². The molecule has 0 bridgehead atoms. The molecule has 1 aromatic rings. The third-order valence-corrected chi connectivity index (χ3v) is 4.59. The quantitative estimate of drug-likeness (QED) is 0.903. The molecule has 0 amide bonds. The van der Waals surface area contributed by atoms with Crippen molar-refractivity contribution in [2.45, 2.75) is 12.8 Å². The molecule has 1 aromatic carbocycles. The summed E-state index contributed by atoms with van der Waals surface area (Å²) in [6.45, 7) is 9.05. The van der Waals surface area contributed by atoms with Gasteiger partial charge in [-0.2, -0.15) is 0 Å². The lowest BCUT2D eigenvalue weighted by Gasteiger charge is -2.30. The van der Waals surface area contributed by atoms with E-state index in [0.717, 1.165) is 31.9 Å². The molecule has 2 aliphatic rings. The second-order valence-corrected chi connectivity index (χ2v) is 5.98. The van der Waals surface area contributed by atoms with E-state index in [1.807, 2.05) is 0 Å². The van der Waals surface area contributed by atoms with E-state index in [2.05, 4.69) is 41.2 Å². The molecular weight excluding hydrogens is 250 g/mol. The van der Waals surface area contributed by atoms with E-state index >= 15 is 0 Å². The van der Waals surface area contributed by atoms with Gasteiger partial charge >= 0.3 is 0 Å². The zero-order chi connectivity index (χ0) is 14.1. The van der Waals surface area contributed by atoms with Crippen molar-refractivity contribution in [3.05, 3.63) is 23.3 Å². The van der Waals surface area contributed by atoms with Crippen molar-refractivity contribution in [3.8, 4) is 5.75 Å². The largest absolute Gasteiger partial charge is 0.495 e. The fraction of sp³-hybridized carbons (Fsp3) is 0.625. The highest BCUT2D eigenvalue weighted by Crippen LogP contribution is 2.44. The second kappa shape index (κ2) is 5.62. The molecule has 0 aromatic heterocycles. The number of likely N-dealkylation sites (N-methyl/N-ethyl adjacent to an activating group) is 1. The highest BCUT2D eigenvalue weighted by molar-refractivity contribution is 5.70. The molecule has 1 fully saturated rings. The van der Waals surface area contributed by atoms with Crippen LogP contribution in [0.5, 0.6) is 5.75 Å². The predicted molar refractivity (Wildman–Crippen MR) is 83.1 cm³/mol. The van der Waals surface area contributed by atoms with Gasteiger partial charge in [-0.25, -0.2) is 0 Å². The number of anilines is 1. The first kappa shape index (κ1) is 13.7. The molecule has 20 heavy (non-hydrogen) atoms. The van der Waals surface area contributed by atoms with Crippen molar-refractivity contribution in [1.29, 1.82) is 0 Å². The number of rotatable bonds is 3. The number of fused-ring (bicyclic) bond motifs is 1. The molecule has 1 N–H and O–H groups in total. The lowest BCUT2D eigenvalue weighted by molar-refractivity contribution is 0.229. The lowest BCUT2D eigenvalue weighted by Crippen LogP contribution is -2.45. The molecule has 3 rings (SSSR count). The Labute approximate surface area is 121 Å². The van der Waals surface area contributed by atoms with Gasteiger partial charge in [0.1, 0.15) is 5.75 Å². The van der Waals surface area contributed by atoms with Gasteiger partial charge in [-0.3, -0.25) is 0 Å². The maximum atomic E-state index is 5.56. The first-order valence-corrected chi connectivity index (χ1v) is 7.52. The second-order valence-electron chi connectivity index (χ2n) is 5.98. The number of nitrogens with one attached hydrogen (secondary N) is 1. The van der Waals surface area contributed by atoms with Gasteiger partial charge in [0.25, 0.3) is 0 Å². The van der Waals surface area contributed by atoms with Crippen LogP contribution in [-0.4, -0.2) is 58.3 Å². The molecule has 0 radical (unpaired) electrons. The SMILES string of the molecule is COc1ccc(C)c2c1N(C)CC2CN1CCNCC1. The number of piperazine rings is 1. The van der Waals surface area contributed by atoms with Crippen LogP contribution in [0.1, 0.15) is 17.0 Å². The molecule has 1 atom stereocenters. The summed E-state index contributed by atoms with van der Waals surface area (Å²) in [5.74, 6) is 1.61. The normalized spacial score (nSPS) is 22.9. The summed E-state index contributed by atoms with van der Waals surface area (Å²) in [5.41, 5.74) is 4.18. The van der Waals surface area contributed by atoms with E-state index in [1.54, 1.807) is 7.11 Å². The van der Waals surface area contributed by atoms with Gasteiger partial charge in [0.05, 0.1) is 12.8 Å². The molecule has 4 nitrogen and oxygen atoms in total. The van der Waals surface area contributed by atoms with Crippen LogP contribution < -0.4 is 15.0 Å². The zero-order valence-electron chi connectivity index (χ0n) is 12.8. The lowest BCUT2D eigenvalue weighted by atomic mass is 9.95. The van der Waals surface area contributed by atoms with Crippen LogP contribution >= 0.6 is 0 Å². The fourth-order valence-corrected chi connectivity index (χ4v) is 3.63. The number of ether oxygens (including phenoxy) is 1. The van der Waals surface area contributed by atoms with E-state index < -0.39 is 0 Å². The minimum Gasteiger partial charge on any atom is -0.495 e. The number of aryl methyl sites for hydroxylation is 1. The molecular formula is C16H25N3O. The van der Waals surface area contributed by atoms with Gasteiger partial charge in [0.2, 0.25) is 0 Å². The minimum atomic E-state index is 0.600. The first-order valence-electron chi connectivity index (χ1n) is 7.52. The smallest absolute Gasteiger partial charge is 0.142 e. The summed E-state index contributed by atoms with van der Waals surface area (Å²) in [7, 11) is 3.95. The average molecular weight is 275 g/mol. The Kier molecular flexibility index (Phi) is 3.85. The van der Waals surface area contributed by atoms with E-state index in [4.69, 9.17) is 4.74 Å². The summed E-state index contributed by atoms with van der Waals surface area (Å²) >= 11 is 0. The van der Waals surface area contributed by atoms with Crippen LogP contribution in [0.4, 0.5) is 5.69 Å². The van der Waals surface area contributed by atoms with E-state index in [-0.39, 0.29) is 0 Å². The molecule has 1 unspecified atom stereocenters. The Bertz CT molecular complexity index is 483. The number of nitrogens with zero attached hydrogens (tertiary/aromatic N) is 2. The van der Waals surface area contributed by atoms with Gasteiger partial charge < -0.3 is 19.9 Å². The summed E-state index contributed by atoms with van der Waals surface area (Å²) < 4.78 is 5.56. The van der Waals surface area contributed by atoms with Crippen molar-refractivity contribution in [1.82, 2.24) is 10.2 Å². The van der Waals surface area contributed by atoms with Crippen molar-refractivity contribution < 1.29 is 4.74 Å². The Balaban J connectivity index is 1.86. The zero-order valence-corrected chi connectivity index (χ0v) is 12.8. The summed E-state index contributed by atoms with van der Waals surface area (Å²) in [5, 5.41) is 3.43. The Hall–Kier alpha value is -1.26. The van der Waals surface area contributed by atoms with Crippen LogP contribution in [-0.2, 0) is 0 Å². The summed E-state index contributed by atoms with van der Waals surface area (Å²) in [6.07, 6.45) is 0. The number of benzene rings is 1. The van der Waals surface area contributed by atoms with Crippen LogP contribution in [0.3, 0.4) is 0 Å². The molecule has 0 saturated carbocycles. The molecule has 2 heterocycles. The van der Waals surface area contributed by atoms with Crippen molar-refractivity contribution in [2.75, 3.05) is 58.3 Å². The van der Waals surface area contributed by atoms with E-state index in [0.29, 0.717) is 5.92 Å². The summed E-state index contributed by atoms with van der Waals surface area (Å²) in [4.78, 5) is 4.94. The van der Waals surface area contributed by atoms with Crippen LogP contribution in [0.15, 0.2) is 12.1 Å². The third kappa shape index (κ3) is 2.38. The Morgan fingerprint density at radius 3 is 2.75 bits per heavy atom. The van der Waals surface area contributed by atoms with Crippen molar-refractivity contribution in [3.63, 3.8) is 0 Å². The molecule has 1 saturated heterocycles. The molecule has 2 aliphatic heterocycles. The molecule has 0 aliphatic carbocycles. The van der Waals surface area contributed by atoms with Gasteiger partial charge in [-0.1, -0.05) is 6.07 Å².